The van der Waals surface area contributed by atoms with E-state index < -0.39 is 10.0 Å². The van der Waals surface area contributed by atoms with E-state index in [2.05, 4.69) is 46.4 Å². The lowest BCUT2D eigenvalue weighted by Crippen LogP contribution is -2.42. The van der Waals surface area contributed by atoms with Crippen molar-refractivity contribution in [3.8, 4) is 0 Å². The molecule has 1 unspecified atom stereocenters. The zero-order chi connectivity index (χ0) is 23.3. The van der Waals surface area contributed by atoms with Gasteiger partial charge in [0.25, 0.3) is 0 Å². The number of rotatable bonds is 9. The van der Waals surface area contributed by atoms with Crippen LogP contribution in [0.25, 0.3) is 0 Å². The Bertz CT molecular complexity index is 946. The Balaban J connectivity index is 1.75. The van der Waals surface area contributed by atoms with E-state index in [1.54, 1.807) is 12.1 Å². The number of morpholine rings is 1. The predicted molar refractivity (Wildman–Crippen MR) is 128 cm³/mol. The van der Waals surface area contributed by atoms with Crippen LogP contribution in [0.1, 0.15) is 44.9 Å². The van der Waals surface area contributed by atoms with Crippen molar-refractivity contribution in [2.75, 3.05) is 38.2 Å². The molecule has 1 aromatic carbocycles. The Morgan fingerprint density at radius 1 is 1.03 bits per heavy atom. The molecular formula is C24H36N4O3S. The maximum atomic E-state index is 13.1. The Morgan fingerprint density at radius 3 is 2.19 bits per heavy atom. The third kappa shape index (κ3) is 5.86. The first-order valence-corrected chi connectivity index (χ1v) is 12.8. The molecule has 0 saturated carbocycles. The van der Waals surface area contributed by atoms with Crippen molar-refractivity contribution in [1.29, 1.82) is 0 Å². The SMILES string of the molecule is Cc1ccc(C(CNc2ccc(S(=O)(=O)N(C(C)C)C(C)C)cn2)N2CCOCC2)cc1. The van der Waals surface area contributed by atoms with E-state index in [9.17, 15) is 8.42 Å². The van der Waals surface area contributed by atoms with Crippen molar-refractivity contribution in [3.05, 3.63) is 53.7 Å². The Labute approximate surface area is 192 Å². The van der Waals surface area contributed by atoms with Gasteiger partial charge in [-0.1, -0.05) is 29.8 Å². The highest BCUT2D eigenvalue weighted by Crippen LogP contribution is 2.24. The van der Waals surface area contributed by atoms with Crippen LogP contribution in [-0.2, 0) is 14.8 Å². The number of ether oxygens (including phenoxy) is 1. The lowest BCUT2D eigenvalue weighted by atomic mass is 10.0. The summed E-state index contributed by atoms with van der Waals surface area (Å²) in [4.78, 5) is 7.05. The average molecular weight is 461 g/mol. The van der Waals surface area contributed by atoms with Gasteiger partial charge < -0.3 is 10.1 Å². The quantitative estimate of drug-likeness (QED) is 0.615. The summed E-state index contributed by atoms with van der Waals surface area (Å²) in [5.74, 6) is 0.662. The number of aromatic nitrogens is 1. The van der Waals surface area contributed by atoms with Crippen LogP contribution < -0.4 is 5.32 Å². The fourth-order valence-electron chi connectivity index (χ4n) is 4.25. The summed E-state index contributed by atoms with van der Waals surface area (Å²) in [6.07, 6.45) is 1.45. The third-order valence-corrected chi connectivity index (χ3v) is 7.99. The number of hydrogen-bond donors (Lipinski definition) is 1. The van der Waals surface area contributed by atoms with Crippen LogP contribution in [0.2, 0.25) is 0 Å². The molecule has 3 rings (SSSR count). The lowest BCUT2D eigenvalue weighted by molar-refractivity contribution is 0.0187. The number of nitrogens with zero attached hydrogens (tertiary/aromatic N) is 3. The molecule has 8 heteroatoms. The van der Waals surface area contributed by atoms with Crippen molar-refractivity contribution in [2.24, 2.45) is 0 Å². The molecule has 1 aliphatic rings. The summed E-state index contributed by atoms with van der Waals surface area (Å²) in [5.41, 5.74) is 2.48. The van der Waals surface area contributed by atoms with Crippen LogP contribution in [0.5, 0.6) is 0 Å². The van der Waals surface area contributed by atoms with Gasteiger partial charge in [0, 0.05) is 37.9 Å². The highest BCUT2D eigenvalue weighted by atomic mass is 32.2. The van der Waals surface area contributed by atoms with Gasteiger partial charge in [-0.05, 0) is 52.3 Å². The number of sulfonamides is 1. The molecule has 1 saturated heterocycles. The number of anilines is 1. The number of pyridine rings is 1. The third-order valence-electron chi connectivity index (χ3n) is 5.75. The topological polar surface area (TPSA) is 74.8 Å². The second kappa shape index (κ2) is 10.7. The number of hydrogen-bond acceptors (Lipinski definition) is 6. The highest BCUT2D eigenvalue weighted by molar-refractivity contribution is 7.89. The van der Waals surface area contributed by atoms with E-state index in [-0.39, 0.29) is 23.0 Å². The molecule has 2 aromatic rings. The molecule has 0 spiro atoms. The van der Waals surface area contributed by atoms with Crippen LogP contribution in [0.3, 0.4) is 0 Å². The minimum Gasteiger partial charge on any atom is -0.379 e. The first-order valence-electron chi connectivity index (χ1n) is 11.3. The molecule has 1 aliphatic heterocycles. The van der Waals surface area contributed by atoms with E-state index in [1.807, 2.05) is 27.7 Å². The molecular weight excluding hydrogens is 424 g/mol. The molecule has 1 aromatic heterocycles. The summed E-state index contributed by atoms with van der Waals surface area (Å²) in [7, 11) is -3.59. The summed E-state index contributed by atoms with van der Waals surface area (Å²) in [6, 6.07) is 11.9. The molecule has 2 heterocycles. The predicted octanol–water partition coefficient (Wildman–Crippen LogP) is 3.68. The van der Waals surface area contributed by atoms with Gasteiger partial charge >= 0.3 is 0 Å². The highest BCUT2D eigenvalue weighted by Gasteiger charge is 2.29. The van der Waals surface area contributed by atoms with E-state index in [0.717, 1.165) is 26.3 Å². The van der Waals surface area contributed by atoms with Crippen molar-refractivity contribution < 1.29 is 13.2 Å². The van der Waals surface area contributed by atoms with Gasteiger partial charge in [-0.25, -0.2) is 13.4 Å². The first-order chi connectivity index (χ1) is 15.2. The number of nitrogens with one attached hydrogen (secondary N) is 1. The van der Waals surface area contributed by atoms with Gasteiger partial charge in [0.15, 0.2) is 0 Å². The molecule has 32 heavy (non-hydrogen) atoms. The average Bonchev–Trinajstić information content (AvgIpc) is 2.75. The standard InChI is InChI=1S/C24H36N4O3S/c1-18(2)28(19(3)4)32(29,30)22-10-11-24(25-16-22)26-17-23(27-12-14-31-15-13-27)21-8-6-20(5)7-9-21/h6-11,16,18-19,23H,12-15,17H2,1-5H3,(H,25,26). The largest absolute Gasteiger partial charge is 0.379 e. The fraction of sp³-hybridized carbons (Fsp3) is 0.542. The molecule has 1 atom stereocenters. The van der Waals surface area contributed by atoms with E-state index in [4.69, 9.17) is 4.74 Å². The first kappa shape index (κ1) is 24.6. The van der Waals surface area contributed by atoms with Crippen molar-refractivity contribution in [3.63, 3.8) is 0 Å². The van der Waals surface area contributed by atoms with Crippen molar-refractivity contribution in [2.45, 2.75) is 57.6 Å². The summed E-state index contributed by atoms with van der Waals surface area (Å²) in [5, 5.41) is 3.41. The molecule has 1 fully saturated rings. The van der Waals surface area contributed by atoms with E-state index >= 15 is 0 Å². The van der Waals surface area contributed by atoms with Gasteiger partial charge in [0.2, 0.25) is 10.0 Å². The molecule has 176 valence electrons. The fourth-order valence-corrected chi connectivity index (χ4v) is 6.03. The van der Waals surface area contributed by atoms with Gasteiger partial charge in [-0.2, -0.15) is 4.31 Å². The summed E-state index contributed by atoms with van der Waals surface area (Å²) >= 11 is 0. The minimum atomic E-state index is -3.59. The van der Waals surface area contributed by atoms with Crippen molar-refractivity contribution >= 4 is 15.8 Å². The van der Waals surface area contributed by atoms with E-state index in [1.165, 1.54) is 21.6 Å². The Hall–Kier alpha value is -2.00. The Kier molecular flexibility index (Phi) is 8.27. The summed E-state index contributed by atoms with van der Waals surface area (Å²) < 4.78 is 33.2. The van der Waals surface area contributed by atoms with Gasteiger partial charge in [0.1, 0.15) is 10.7 Å². The van der Waals surface area contributed by atoms with E-state index in [0.29, 0.717) is 12.4 Å². The molecule has 0 aliphatic carbocycles. The van der Waals surface area contributed by atoms with Crippen LogP contribution >= 0.6 is 0 Å². The zero-order valence-electron chi connectivity index (χ0n) is 19.8. The zero-order valence-corrected chi connectivity index (χ0v) is 20.6. The van der Waals surface area contributed by atoms with Crippen LogP contribution in [-0.4, -0.2) is 67.5 Å². The van der Waals surface area contributed by atoms with Crippen LogP contribution in [0.15, 0.2) is 47.5 Å². The van der Waals surface area contributed by atoms with Gasteiger partial charge in [-0.15, -0.1) is 0 Å². The minimum absolute atomic E-state index is 0.124. The maximum absolute atomic E-state index is 13.1. The molecule has 7 nitrogen and oxygen atoms in total. The molecule has 1 N–H and O–H groups in total. The second-order valence-electron chi connectivity index (χ2n) is 8.86. The monoisotopic (exact) mass is 460 g/mol. The van der Waals surface area contributed by atoms with Crippen LogP contribution in [0.4, 0.5) is 5.82 Å². The van der Waals surface area contributed by atoms with Crippen molar-refractivity contribution in [1.82, 2.24) is 14.2 Å². The van der Waals surface area contributed by atoms with Gasteiger partial charge in [0.05, 0.1) is 19.3 Å². The van der Waals surface area contributed by atoms with Gasteiger partial charge in [-0.3, -0.25) is 4.90 Å². The van der Waals surface area contributed by atoms with Crippen LogP contribution in [0, 0.1) is 6.92 Å². The smallest absolute Gasteiger partial charge is 0.245 e. The molecule has 0 amide bonds. The lowest BCUT2D eigenvalue weighted by Gasteiger charge is -2.35. The summed E-state index contributed by atoms with van der Waals surface area (Å²) in [6.45, 7) is 13.5. The Morgan fingerprint density at radius 2 is 1.66 bits per heavy atom. The second-order valence-corrected chi connectivity index (χ2v) is 10.7. The molecule has 0 radical (unpaired) electrons. The number of aryl methyl sites for hydroxylation is 1. The maximum Gasteiger partial charge on any atom is 0.245 e. The number of benzene rings is 1. The normalized spacial score (nSPS) is 16.6. The molecule has 0 bridgehead atoms.